The highest BCUT2D eigenvalue weighted by Gasteiger charge is 2.15. The zero-order valence-corrected chi connectivity index (χ0v) is 19.5. The van der Waals surface area contributed by atoms with Gasteiger partial charge < -0.3 is 15.5 Å². The Morgan fingerprint density at radius 3 is 2.37 bits per heavy atom. The van der Waals surface area contributed by atoms with Gasteiger partial charge in [0.2, 0.25) is 0 Å². The van der Waals surface area contributed by atoms with Crippen molar-refractivity contribution < 1.29 is 0 Å². The molecule has 0 spiro atoms. The summed E-state index contributed by atoms with van der Waals surface area (Å²) >= 11 is 1.80. The van der Waals surface area contributed by atoms with E-state index >= 15 is 0 Å². The quantitative estimate of drug-likeness (QED) is 0.475. The van der Waals surface area contributed by atoms with Crippen molar-refractivity contribution in [1.82, 2.24) is 25.4 Å². The molecule has 30 heavy (non-hydrogen) atoms. The molecule has 0 bridgehead atoms. The van der Waals surface area contributed by atoms with E-state index in [-0.39, 0.29) is 0 Å². The van der Waals surface area contributed by atoms with Gasteiger partial charge in [-0.3, -0.25) is 9.89 Å². The summed E-state index contributed by atoms with van der Waals surface area (Å²) in [6.45, 7) is 12.9. The van der Waals surface area contributed by atoms with Crippen LogP contribution in [0.25, 0.3) is 0 Å². The highest BCUT2D eigenvalue weighted by Crippen LogP contribution is 2.13. The molecule has 0 radical (unpaired) electrons. The van der Waals surface area contributed by atoms with Gasteiger partial charge >= 0.3 is 0 Å². The third kappa shape index (κ3) is 7.07. The highest BCUT2D eigenvalue weighted by molar-refractivity contribution is 7.11. The minimum atomic E-state index is 0.770. The molecule has 2 aromatic rings. The lowest BCUT2D eigenvalue weighted by molar-refractivity contribution is 0.132. The number of hydrogen-bond acceptors (Lipinski definition) is 5. The second-order valence-corrected chi connectivity index (χ2v) is 8.90. The van der Waals surface area contributed by atoms with E-state index in [2.05, 4.69) is 68.5 Å². The number of aliphatic imine (C=N–C) groups is 1. The number of benzene rings is 1. The number of rotatable bonds is 9. The third-order valence-electron chi connectivity index (χ3n) is 5.61. The number of hydrogen-bond donors (Lipinski definition) is 2. The zero-order chi connectivity index (χ0) is 21.2. The van der Waals surface area contributed by atoms with Crippen LogP contribution in [0.4, 0.5) is 0 Å². The first kappa shape index (κ1) is 22.7. The summed E-state index contributed by atoms with van der Waals surface area (Å²) in [4.78, 5) is 15.2. The Balaban J connectivity index is 1.37. The molecule has 0 amide bonds. The maximum Gasteiger partial charge on any atom is 0.191 e. The summed E-state index contributed by atoms with van der Waals surface area (Å²) in [6, 6.07) is 8.96. The van der Waals surface area contributed by atoms with Gasteiger partial charge in [0.25, 0.3) is 0 Å². The first-order valence-corrected chi connectivity index (χ1v) is 11.9. The maximum atomic E-state index is 4.47. The number of thiazole rings is 1. The summed E-state index contributed by atoms with van der Waals surface area (Å²) in [5.41, 5.74) is 2.66. The molecule has 164 valence electrons. The third-order valence-corrected chi connectivity index (χ3v) is 6.81. The van der Waals surface area contributed by atoms with Crippen molar-refractivity contribution in [2.24, 2.45) is 4.99 Å². The summed E-state index contributed by atoms with van der Waals surface area (Å²) in [6.07, 6.45) is 3.97. The highest BCUT2D eigenvalue weighted by atomic mass is 32.1. The minimum absolute atomic E-state index is 0.770. The fourth-order valence-corrected chi connectivity index (χ4v) is 4.47. The van der Waals surface area contributed by atoms with Gasteiger partial charge in [0.15, 0.2) is 5.96 Å². The fraction of sp³-hybridized carbons (Fsp3) is 0.565. The molecule has 1 aliphatic rings. The molecule has 0 aliphatic carbocycles. The summed E-state index contributed by atoms with van der Waals surface area (Å²) in [5, 5.41) is 7.97. The molecule has 0 unspecified atom stereocenters. The van der Waals surface area contributed by atoms with E-state index in [4.69, 9.17) is 0 Å². The van der Waals surface area contributed by atoms with Crippen LogP contribution in [-0.2, 0) is 25.9 Å². The van der Waals surface area contributed by atoms with Gasteiger partial charge in [0.05, 0.1) is 5.01 Å². The first-order valence-electron chi connectivity index (χ1n) is 11.1. The standard InChI is InChI=1S/C23H36N6S/c1-4-21-17-26-22(30-21)10-11-25-23(24-3)27-16-19-6-8-20(9-7-19)18-29-14-12-28(5-2)13-15-29/h6-9,17H,4-5,10-16,18H2,1-3H3,(H2,24,25,27). The van der Waals surface area contributed by atoms with E-state index in [1.807, 2.05) is 13.2 Å². The van der Waals surface area contributed by atoms with Crippen molar-refractivity contribution in [3.05, 3.63) is 51.5 Å². The lowest BCUT2D eigenvalue weighted by atomic mass is 10.1. The predicted octanol–water partition coefficient (Wildman–Crippen LogP) is 2.75. The predicted molar refractivity (Wildman–Crippen MR) is 127 cm³/mol. The zero-order valence-electron chi connectivity index (χ0n) is 18.7. The van der Waals surface area contributed by atoms with Gasteiger partial charge in [-0.25, -0.2) is 4.98 Å². The largest absolute Gasteiger partial charge is 0.356 e. The summed E-state index contributed by atoms with van der Waals surface area (Å²) in [7, 11) is 1.81. The van der Waals surface area contributed by atoms with Crippen LogP contribution < -0.4 is 10.6 Å². The Kier molecular flexibility index (Phi) is 9.11. The number of nitrogens with zero attached hydrogens (tertiary/aromatic N) is 4. The van der Waals surface area contributed by atoms with E-state index < -0.39 is 0 Å². The van der Waals surface area contributed by atoms with Crippen molar-refractivity contribution >= 4 is 17.3 Å². The number of piperazine rings is 1. The molecule has 1 aromatic carbocycles. The van der Waals surface area contributed by atoms with Crippen LogP contribution >= 0.6 is 11.3 Å². The Bertz CT molecular complexity index is 777. The molecule has 0 saturated carbocycles. The molecular formula is C23H36N6S. The fourth-order valence-electron chi connectivity index (χ4n) is 3.61. The van der Waals surface area contributed by atoms with Gasteiger partial charge in [-0.15, -0.1) is 11.3 Å². The lowest BCUT2D eigenvalue weighted by Crippen LogP contribution is -2.45. The number of aromatic nitrogens is 1. The van der Waals surface area contributed by atoms with Gasteiger partial charge in [-0.1, -0.05) is 38.1 Å². The average Bonchev–Trinajstić information content (AvgIpc) is 3.25. The molecule has 1 aliphatic heterocycles. The average molecular weight is 429 g/mol. The Hall–Kier alpha value is -1.96. The van der Waals surface area contributed by atoms with E-state index in [0.29, 0.717) is 0 Å². The van der Waals surface area contributed by atoms with Crippen LogP contribution in [0, 0.1) is 0 Å². The van der Waals surface area contributed by atoms with E-state index in [1.165, 1.54) is 47.2 Å². The Labute approximate surface area is 185 Å². The molecule has 2 heterocycles. The summed E-state index contributed by atoms with van der Waals surface area (Å²) in [5.74, 6) is 0.833. The van der Waals surface area contributed by atoms with E-state index in [1.54, 1.807) is 11.3 Å². The second-order valence-electron chi connectivity index (χ2n) is 7.70. The van der Waals surface area contributed by atoms with Crippen LogP contribution in [0.5, 0.6) is 0 Å². The molecule has 1 aromatic heterocycles. The first-order chi connectivity index (χ1) is 14.7. The molecule has 1 fully saturated rings. The van der Waals surface area contributed by atoms with Crippen LogP contribution in [-0.4, -0.2) is 67.1 Å². The normalized spacial score (nSPS) is 16.0. The van der Waals surface area contributed by atoms with E-state index in [0.717, 1.165) is 45.0 Å². The van der Waals surface area contributed by atoms with Gasteiger partial charge in [-0.2, -0.15) is 0 Å². The maximum absolute atomic E-state index is 4.47. The van der Waals surface area contributed by atoms with Gasteiger partial charge in [0, 0.05) is 70.4 Å². The van der Waals surface area contributed by atoms with Crippen molar-refractivity contribution in [3.8, 4) is 0 Å². The van der Waals surface area contributed by atoms with Crippen molar-refractivity contribution in [2.45, 2.75) is 39.8 Å². The van der Waals surface area contributed by atoms with Crippen molar-refractivity contribution in [2.75, 3.05) is 46.3 Å². The lowest BCUT2D eigenvalue weighted by Gasteiger charge is -2.34. The Morgan fingerprint density at radius 1 is 1.03 bits per heavy atom. The van der Waals surface area contributed by atoms with Crippen LogP contribution in [0.15, 0.2) is 35.5 Å². The topological polar surface area (TPSA) is 55.8 Å². The second kappa shape index (κ2) is 12.0. The molecule has 0 atom stereocenters. The van der Waals surface area contributed by atoms with E-state index in [9.17, 15) is 0 Å². The molecular weight excluding hydrogens is 392 g/mol. The van der Waals surface area contributed by atoms with Crippen LogP contribution in [0.2, 0.25) is 0 Å². The number of aryl methyl sites for hydroxylation is 1. The molecule has 1 saturated heterocycles. The SMILES string of the molecule is CCc1cnc(CCNC(=NC)NCc2ccc(CN3CCN(CC)CC3)cc2)s1. The number of likely N-dealkylation sites (N-methyl/N-ethyl adjacent to an activating group) is 1. The monoisotopic (exact) mass is 428 g/mol. The number of guanidine groups is 1. The van der Waals surface area contributed by atoms with Crippen LogP contribution in [0.1, 0.15) is 34.9 Å². The summed E-state index contributed by atoms with van der Waals surface area (Å²) < 4.78 is 0. The van der Waals surface area contributed by atoms with Gasteiger partial charge in [0.1, 0.15) is 0 Å². The Morgan fingerprint density at radius 2 is 1.73 bits per heavy atom. The molecule has 3 rings (SSSR count). The van der Waals surface area contributed by atoms with Gasteiger partial charge in [-0.05, 0) is 24.1 Å². The van der Waals surface area contributed by atoms with Crippen LogP contribution in [0.3, 0.4) is 0 Å². The molecule has 6 nitrogen and oxygen atoms in total. The molecule has 7 heteroatoms. The minimum Gasteiger partial charge on any atom is -0.356 e. The van der Waals surface area contributed by atoms with Crippen molar-refractivity contribution in [3.63, 3.8) is 0 Å². The smallest absolute Gasteiger partial charge is 0.191 e. The molecule has 2 N–H and O–H groups in total. The number of nitrogens with one attached hydrogen (secondary N) is 2. The van der Waals surface area contributed by atoms with Crippen molar-refractivity contribution in [1.29, 1.82) is 0 Å².